The molecule has 8 nitrogen and oxygen atoms in total. The van der Waals surface area contributed by atoms with Crippen molar-refractivity contribution in [3.63, 3.8) is 0 Å². The van der Waals surface area contributed by atoms with Gasteiger partial charge in [0.05, 0.1) is 18.5 Å². The first-order chi connectivity index (χ1) is 15.7. The highest BCUT2D eigenvalue weighted by Gasteiger charge is 2.35. The summed E-state index contributed by atoms with van der Waals surface area (Å²) in [5.41, 5.74) is 11.5. The Hall–Kier alpha value is -3.08. The molecule has 0 saturated carbocycles. The molecule has 1 aromatic heterocycles. The van der Waals surface area contributed by atoms with Gasteiger partial charge in [-0.2, -0.15) is 0 Å². The van der Waals surface area contributed by atoms with Crippen LogP contribution in [-0.2, 0) is 0 Å². The maximum absolute atomic E-state index is 14.2. The van der Waals surface area contributed by atoms with Crippen molar-refractivity contribution < 1.29 is 22.7 Å². The Labute approximate surface area is 189 Å². The molecule has 11 heteroatoms. The van der Waals surface area contributed by atoms with Gasteiger partial charge in [-0.25, -0.2) is 27.9 Å². The third-order valence-electron chi connectivity index (χ3n) is 6.54. The summed E-state index contributed by atoms with van der Waals surface area (Å²) < 4.78 is 47.1. The number of halogens is 3. The first-order valence-corrected chi connectivity index (χ1v) is 10.9. The van der Waals surface area contributed by atoms with E-state index in [9.17, 15) is 18.0 Å². The van der Waals surface area contributed by atoms with Gasteiger partial charge in [-0.05, 0) is 37.3 Å². The Morgan fingerprint density at radius 2 is 1.73 bits per heavy atom. The average Bonchev–Trinajstić information content (AvgIpc) is 3.18. The molecular formula is C22H27F3N6O2. The van der Waals surface area contributed by atoms with E-state index in [1.165, 1.54) is 0 Å². The molecule has 2 fully saturated rings. The number of carbonyl (C=O) groups excluding carboxylic acids is 1. The lowest BCUT2D eigenvalue weighted by molar-refractivity contribution is 0.0980. The summed E-state index contributed by atoms with van der Waals surface area (Å²) >= 11 is 0. The zero-order valence-corrected chi connectivity index (χ0v) is 18.3. The van der Waals surface area contributed by atoms with E-state index in [1.807, 2.05) is 6.92 Å². The minimum atomic E-state index is -1.23. The molecule has 0 spiro atoms. The third-order valence-corrected chi connectivity index (χ3v) is 6.54. The molecule has 33 heavy (non-hydrogen) atoms. The van der Waals surface area contributed by atoms with Gasteiger partial charge in [0.15, 0.2) is 17.4 Å². The van der Waals surface area contributed by atoms with Crippen molar-refractivity contribution in [3.05, 3.63) is 47.5 Å². The van der Waals surface area contributed by atoms with E-state index in [4.69, 9.17) is 16.2 Å². The normalized spacial score (nSPS) is 22.5. The summed E-state index contributed by atoms with van der Waals surface area (Å²) in [6, 6.07) is 0.519. The standard InChI is InChI=1S/C22H27F3N6O2/c1-12(13-2-4-30(5-3-13)21(27)32)33-14-8-28-22(29-9-14)31-10-16(20(26)11-31)15-6-18(24)19(25)7-17(15)23/h6-9,12-13,16,20H,2-5,10-11,26H2,1H3,(H2,27,32)/t12-,16?,20-/m0/s1. The van der Waals surface area contributed by atoms with Crippen LogP contribution in [0, 0.1) is 23.4 Å². The lowest BCUT2D eigenvalue weighted by Gasteiger charge is -2.33. The molecule has 2 aliphatic heterocycles. The van der Waals surface area contributed by atoms with Crippen molar-refractivity contribution in [2.45, 2.75) is 37.8 Å². The molecule has 3 atom stereocenters. The van der Waals surface area contributed by atoms with Crippen LogP contribution < -0.4 is 21.1 Å². The van der Waals surface area contributed by atoms with E-state index in [-0.39, 0.29) is 24.1 Å². The predicted octanol–water partition coefficient (Wildman–Crippen LogP) is 2.38. The molecule has 1 unspecified atom stereocenters. The number of likely N-dealkylation sites (tertiary alicyclic amines) is 1. The van der Waals surface area contributed by atoms with Crippen molar-refractivity contribution in [2.75, 3.05) is 31.1 Å². The first kappa shape index (κ1) is 23.1. The number of piperidine rings is 1. The van der Waals surface area contributed by atoms with Crippen molar-refractivity contribution in [2.24, 2.45) is 17.4 Å². The van der Waals surface area contributed by atoms with Crippen molar-refractivity contribution in [3.8, 4) is 5.75 Å². The largest absolute Gasteiger partial charge is 0.487 e. The van der Waals surface area contributed by atoms with Crippen LogP contribution in [0.3, 0.4) is 0 Å². The molecule has 2 saturated heterocycles. The molecule has 0 aliphatic carbocycles. The number of primary amides is 1. The molecule has 1 aromatic carbocycles. The van der Waals surface area contributed by atoms with E-state index in [1.54, 1.807) is 22.2 Å². The molecule has 178 valence electrons. The lowest BCUT2D eigenvalue weighted by atomic mass is 9.92. The summed E-state index contributed by atoms with van der Waals surface area (Å²) in [6.45, 7) is 3.81. The number of hydrogen-bond acceptors (Lipinski definition) is 6. The van der Waals surface area contributed by atoms with E-state index in [2.05, 4.69) is 9.97 Å². The number of aromatic nitrogens is 2. The van der Waals surface area contributed by atoms with Gasteiger partial charge in [-0.3, -0.25) is 0 Å². The van der Waals surface area contributed by atoms with E-state index < -0.39 is 35.4 Å². The summed E-state index contributed by atoms with van der Waals surface area (Å²) in [5.74, 6) is -2.50. The summed E-state index contributed by atoms with van der Waals surface area (Å²) in [4.78, 5) is 23.4. The van der Waals surface area contributed by atoms with Crippen LogP contribution in [0.15, 0.2) is 24.5 Å². The van der Waals surface area contributed by atoms with Gasteiger partial charge in [0.2, 0.25) is 5.95 Å². The number of anilines is 1. The fraction of sp³-hybridized carbons (Fsp3) is 0.500. The Bertz CT molecular complexity index is 1000. The number of nitrogens with zero attached hydrogens (tertiary/aromatic N) is 4. The van der Waals surface area contributed by atoms with Crippen LogP contribution in [0.2, 0.25) is 0 Å². The second-order valence-electron chi connectivity index (χ2n) is 8.67. The van der Waals surface area contributed by atoms with Gasteiger partial charge in [-0.1, -0.05) is 0 Å². The molecule has 4 rings (SSSR count). The molecule has 0 radical (unpaired) electrons. The van der Waals surface area contributed by atoms with Crippen LogP contribution in [0.1, 0.15) is 31.2 Å². The minimum absolute atomic E-state index is 0.0417. The first-order valence-electron chi connectivity index (χ1n) is 10.9. The maximum Gasteiger partial charge on any atom is 0.314 e. The predicted molar refractivity (Wildman–Crippen MR) is 115 cm³/mol. The van der Waals surface area contributed by atoms with E-state index in [0.717, 1.165) is 18.9 Å². The fourth-order valence-electron chi connectivity index (χ4n) is 4.58. The monoisotopic (exact) mass is 464 g/mol. The van der Waals surface area contributed by atoms with Crippen LogP contribution in [0.4, 0.5) is 23.9 Å². The number of nitrogens with two attached hydrogens (primary N) is 2. The number of ether oxygens (including phenoxy) is 1. The molecule has 2 aromatic rings. The quantitative estimate of drug-likeness (QED) is 0.658. The Balaban J connectivity index is 1.37. The molecule has 3 heterocycles. The maximum atomic E-state index is 14.2. The third kappa shape index (κ3) is 4.97. The zero-order chi connectivity index (χ0) is 23.7. The average molecular weight is 464 g/mol. The van der Waals surface area contributed by atoms with Gasteiger partial charge >= 0.3 is 6.03 Å². The SMILES string of the molecule is C[C@H](Oc1cnc(N2CC(c3cc(F)c(F)cc3F)[C@@H](N)C2)nc1)C1CCN(C(N)=O)CC1. The van der Waals surface area contributed by atoms with Gasteiger partial charge in [-0.15, -0.1) is 0 Å². The highest BCUT2D eigenvalue weighted by atomic mass is 19.2. The number of benzene rings is 1. The minimum Gasteiger partial charge on any atom is -0.487 e. The number of rotatable bonds is 5. The van der Waals surface area contributed by atoms with E-state index in [0.29, 0.717) is 37.4 Å². The van der Waals surface area contributed by atoms with Gasteiger partial charge in [0.1, 0.15) is 5.82 Å². The van der Waals surface area contributed by atoms with Crippen LogP contribution in [0.5, 0.6) is 5.75 Å². The van der Waals surface area contributed by atoms with Crippen LogP contribution >= 0.6 is 0 Å². The molecule has 2 aliphatic rings. The summed E-state index contributed by atoms with van der Waals surface area (Å²) in [6.07, 6.45) is 4.64. The number of carbonyl (C=O) groups is 1. The fourth-order valence-corrected chi connectivity index (χ4v) is 4.58. The Morgan fingerprint density at radius 3 is 2.36 bits per heavy atom. The topological polar surface area (TPSA) is 111 Å². The highest BCUT2D eigenvalue weighted by Crippen LogP contribution is 2.32. The molecule has 4 N–H and O–H groups in total. The molecule has 2 amide bonds. The Kier molecular flexibility index (Phi) is 6.59. The summed E-state index contributed by atoms with van der Waals surface area (Å²) in [5, 5.41) is 0. The zero-order valence-electron chi connectivity index (χ0n) is 18.3. The second kappa shape index (κ2) is 9.42. The smallest absolute Gasteiger partial charge is 0.314 e. The summed E-state index contributed by atoms with van der Waals surface area (Å²) in [7, 11) is 0. The number of hydrogen-bond donors (Lipinski definition) is 2. The van der Waals surface area contributed by atoms with Gasteiger partial charge in [0.25, 0.3) is 0 Å². The molecular weight excluding hydrogens is 437 g/mol. The van der Waals surface area contributed by atoms with Crippen molar-refractivity contribution >= 4 is 12.0 Å². The van der Waals surface area contributed by atoms with Crippen molar-refractivity contribution in [1.82, 2.24) is 14.9 Å². The van der Waals surface area contributed by atoms with E-state index >= 15 is 0 Å². The van der Waals surface area contributed by atoms with Gasteiger partial charge in [0, 0.05) is 44.2 Å². The van der Waals surface area contributed by atoms with Crippen molar-refractivity contribution in [1.29, 1.82) is 0 Å². The highest BCUT2D eigenvalue weighted by molar-refractivity contribution is 5.72. The molecule has 0 bridgehead atoms. The van der Waals surface area contributed by atoms with Gasteiger partial charge < -0.3 is 26.0 Å². The van der Waals surface area contributed by atoms with Crippen LogP contribution in [0.25, 0.3) is 0 Å². The number of urea groups is 1. The second-order valence-corrected chi connectivity index (χ2v) is 8.67. The Morgan fingerprint density at radius 1 is 1.09 bits per heavy atom. The lowest BCUT2D eigenvalue weighted by Crippen LogP contribution is -2.44. The number of amides is 2. The van der Waals surface area contributed by atoms with Crippen LogP contribution in [-0.4, -0.2) is 59.2 Å².